The Morgan fingerprint density at radius 1 is 1.04 bits per heavy atom. The number of amides is 2. The van der Waals surface area contributed by atoms with Crippen LogP contribution in [0.4, 0.5) is 4.39 Å². The third-order valence-corrected chi connectivity index (χ3v) is 5.08. The summed E-state index contributed by atoms with van der Waals surface area (Å²) in [6.07, 6.45) is 8.57. The minimum Gasteiger partial charge on any atom is -0.350 e. The van der Waals surface area contributed by atoms with E-state index in [-0.39, 0.29) is 29.4 Å². The third kappa shape index (κ3) is 5.62. The molecular weight excluding hydrogens is 357 g/mol. The molecule has 1 saturated carbocycles. The van der Waals surface area contributed by atoms with Crippen LogP contribution in [0.2, 0.25) is 0 Å². The molecule has 2 amide bonds. The van der Waals surface area contributed by atoms with Gasteiger partial charge in [0.15, 0.2) is 0 Å². The molecule has 0 atom stereocenters. The van der Waals surface area contributed by atoms with Crippen molar-refractivity contribution in [2.24, 2.45) is 0 Å². The zero-order chi connectivity index (χ0) is 19.8. The second kappa shape index (κ2) is 9.97. The summed E-state index contributed by atoms with van der Waals surface area (Å²) in [6, 6.07) is 9.80. The highest BCUT2D eigenvalue weighted by Crippen LogP contribution is 2.17. The Hall–Kier alpha value is -2.76. The van der Waals surface area contributed by atoms with Crippen LogP contribution in [0.5, 0.6) is 0 Å². The second-order valence-corrected chi connectivity index (χ2v) is 7.19. The average molecular weight is 383 g/mol. The van der Waals surface area contributed by atoms with E-state index in [1.54, 1.807) is 24.3 Å². The molecule has 148 valence electrons. The number of carbonyl (C=O) groups excluding carboxylic acids is 2. The lowest BCUT2D eigenvalue weighted by Crippen LogP contribution is -2.34. The van der Waals surface area contributed by atoms with Crippen molar-refractivity contribution < 1.29 is 14.0 Å². The van der Waals surface area contributed by atoms with E-state index in [1.165, 1.54) is 31.2 Å². The van der Waals surface area contributed by atoms with Crippen molar-refractivity contribution in [1.29, 1.82) is 0 Å². The largest absolute Gasteiger partial charge is 0.350 e. The fraction of sp³-hybridized carbons (Fsp3) is 0.409. The van der Waals surface area contributed by atoms with Gasteiger partial charge in [0.2, 0.25) is 0 Å². The van der Waals surface area contributed by atoms with Gasteiger partial charge in [-0.1, -0.05) is 43.9 Å². The maximum atomic E-state index is 13.6. The molecule has 1 aliphatic rings. The number of halogens is 1. The Balaban J connectivity index is 1.55. The van der Waals surface area contributed by atoms with Crippen molar-refractivity contribution in [1.82, 2.24) is 15.6 Å². The van der Waals surface area contributed by atoms with Crippen molar-refractivity contribution in [3.63, 3.8) is 0 Å². The minimum absolute atomic E-state index is 0.172. The van der Waals surface area contributed by atoms with Gasteiger partial charge >= 0.3 is 0 Å². The Morgan fingerprint density at radius 2 is 1.79 bits per heavy atom. The Kier molecular flexibility index (Phi) is 7.12. The first-order chi connectivity index (χ1) is 13.6. The SMILES string of the molecule is O=C(NC1CCCCCC1)c1ccnc(C(=O)NCCc2ccccc2F)c1. The summed E-state index contributed by atoms with van der Waals surface area (Å²) >= 11 is 0. The second-order valence-electron chi connectivity index (χ2n) is 7.19. The quantitative estimate of drug-likeness (QED) is 0.748. The van der Waals surface area contributed by atoms with Gasteiger partial charge in [-0.15, -0.1) is 0 Å². The summed E-state index contributed by atoms with van der Waals surface area (Å²) in [7, 11) is 0. The minimum atomic E-state index is -0.375. The first-order valence-electron chi connectivity index (χ1n) is 9.92. The summed E-state index contributed by atoms with van der Waals surface area (Å²) in [5, 5.41) is 5.80. The van der Waals surface area contributed by atoms with Crippen LogP contribution in [0.15, 0.2) is 42.6 Å². The maximum absolute atomic E-state index is 13.6. The van der Waals surface area contributed by atoms with Gasteiger partial charge in [-0.2, -0.15) is 0 Å². The molecule has 6 heteroatoms. The smallest absolute Gasteiger partial charge is 0.269 e. The molecule has 0 saturated heterocycles. The van der Waals surface area contributed by atoms with E-state index in [4.69, 9.17) is 0 Å². The number of benzene rings is 1. The first kappa shape index (κ1) is 20.0. The van der Waals surface area contributed by atoms with Gasteiger partial charge in [0.05, 0.1) is 0 Å². The summed E-state index contributed by atoms with van der Waals surface area (Å²) in [4.78, 5) is 28.9. The highest BCUT2D eigenvalue weighted by Gasteiger charge is 2.17. The van der Waals surface area contributed by atoms with Crippen LogP contribution in [0, 0.1) is 5.82 Å². The fourth-order valence-electron chi connectivity index (χ4n) is 3.49. The van der Waals surface area contributed by atoms with Gasteiger partial charge in [-0.3, -0.25) is 14.6 Å². The summed E-state index contributed by atoms with van der Waals surface area (Å²) in [5.74, 6) is -0.831. The molecule has 3 rings (SSSR count). The van der Waals surface area contributed by atoms with Crippen molar-refractivity contribution in [2.75, 3.05) is 6.54 Å². The number of carbonyl (C=O) groups is 2. The molecule has 2 aromatic rings. The fourth-order valence-corrected chi connectivity index (χ4v) is 3.49. The van der Waals surface area contributed by atoms with E-state index in [0.29, 0.717) is 24.1 Å². The number of hydrogen-bond acceptors (Lipinski definition) is 3. The molecule has 1 aromatic carbocycles. The van der Waals surface area contributed by atoms with Crippen molar-refractivity contribution in [2.45, 2.75) is 51.0 Å². The van der Waals surface area contributed by atoms with Gasteiger partial charge in [0.1, 0.15) is 11.5 Å². The van der Waals surface area contributed by atoms with Gasteiger partial charge in [-0.25, -0.2) is 4.39 Å². The van der Waals surface area contributed by atoms with Crippen LogP contribution in [-0.2, 0) is 6.42 Å². The predicted molar refractivity (Wildman–Crippen MR) is 106 cm³/mol. The third-order valence-electron chi connectivity index (χ3n) is 5.08. The molecular formula is C22H26FN3O2. The predicted octanol–water partition coefficient (Wildman–Crippen LogP) is 3.65. The summed E-state index contributed by atoms with van der Waals surface area (Å²) < 4.78 is 13.6. The number of nitrogens with zero attached hydrogens (tertiary/aromatic N) is 1. The molecule has 0 spiro atoms. The number of nitrogens with one attached hydrogen (secondary N) is 2. The molecule has 1 aliphatic carbocycles. The van der Waals surface area contributed by atoms with Gasteiger partial charge in [-0.05, 0) is 43.0 Å². The van der Waals surface area contributed by atoms with E-state index in [1.807, 2.05) is 0 Å². The molecule has 0 aliphatic heterocycles. The van der Waals surface area contributed by atoms with Gasteiger partial charge < -0.3 is 10.6 Å². The lowest BCUT2D eigenvalue weighted by molar-refractivity contribution is 0.0933. The Bertz CT molecular complexity index is 817. The van der Waals surface area contributed by atoms with Crippen molar-refractivity contribution >= 4 is 11.8 Å². The average Bonchev–Trinajstić information content (AvgIpc) is 2.98. The Labute approximate surface area is 164 Å². The normalized spacial score (nSPS) is 14.9. The number of hydrogen-bond donors (Lipinski definition) is 2. The van der Waals surface area contributed by atoms with Crippen molar-refractivity contribution in [3.05, 3.63) is 65.2 Å². The number of rotatable bonds is 6. The monoisotopic (exact) mass is 383 g/mol. The van der Waals surface area contributed by atoms with Gasteiger partial charge in [0, 0.05) is 24.3 Å². The summed E-state index contributed by atoms with van der Waals surface area (Å²) in [5.41, 5.74) is 1.16. The molecule has 0 bridgehead atoms. The van der Waals surface area contributed by atoms with Gasteiger partial charge in [0.25, 0.3) is 11.8 Å². The highest BCUT2D eigenvalue weighted by molar-refractivity contribution is 5.98. The van der Waals surface area contributed by atoms with Crippen LogP contribution in [0.25, 0.3) is 0 Å². The number of pyridine rings is 1. The Morgan fingerprint density at radius 3 is 2.54 bits per heavy atom. The highest BCUT2D eigenvalue weighted by atomic mass is 19.1. The topological polar surface area (TPSA) is 71.1 Å². The summed E-state index contributed by atoms with van der Waals surface area (Å²) in [6.45, 7) is 0.292. The molecule has 1 heterocycles. The van der Waals surface area contributed by atoms with Crippen LogP contribution in [-0.4, -0.2) is 29.4 Å². The molecule has 0 unspecified atom stereocenters. The first-order valence-corrected chi connectivity index (χ1v) is 9.92. The lowest BCUT2D eigenvalue weighted by Gasteiger charge is -2.16. The van der Waals surface area contributed by atoms with Crippen LogP contribution >= 0.6 is 0 Å². The molecule has 1 fully saturated rings. The zero-order valence-electron chi connectivity index (χ0n) is 15.9. The number of aromatic nitrogens is 1. The molecule has 2 N–H and O–H groups in total. The molecule has 5 nitrogen and oxygen atoms in total. The molecule has 28 heavy (non-hydrogen) atoms. The van der Waals surface area contributed by atoms with Crippen LogP contribution < -0.4 is 10.6 Å². The van der Waals surface area contributed by atoms with E-state index in [0.717, 1.165) is 25.7 Å². The van der Waals surface area contributed by atoms with E-state index >= 15 is 0 Å². The maximum Gasteiger partial charge on any atom is 0.269 e. The van der Waals surface area contributed by atoms with E-state index in [2.05, 4.69) is 15.6 Å². The van der Waals surface area contributed by atoms with Crippen LogP contribution in [0.1, 0.15) is 64.9 Å². The van der Waals surface area contributed by atoms with Crippen molar-refractivity contribution in [3.8, 4) is 0 Å². The molecule has 0 radical (unpaired) electrons. The lowest BCUT2D eigenvalue weighted by atomic mass is 10.1. The zero-order valence-corrected chi connectivity index (χ0v) is 15.9. The molecule has 1 aromatic heterocycles. The van der Waals surface area contributed by atoms with E-state index < -0.39 is 0 Å². The van der Waals surface area contributed by atoms with Crippen LogP contribution in [0.3, 0.4) is 0 Å². The van der Waals surface area contributed by atoms with E-state index in [9.17, 15) is 14.0 Å². The standard InChI is InChI=1S/C22H26FN3O2/c23-19-10-6-5-7-16(19)11-14-25-22(28)20-15-17(12-13-24-20)21(27)26-18-8-3-1-2-4-9-18/h5-7,10,12-13,15,18H,1-4,8-9,11,14H2,(H,25,28)(H,26,27).